The van der Waals surface area contributed by atoms with Crippen LogP contribution in [0.5, 0.6) is 0 Å². The molecule has 2 aliphatic heterocycles. The molecule has 2 atom stereocenters. The predicted octanol–water partition coefficient (Wildman–Crippen LogP) is 1.31. The third-order valence-electron chi connectivity index (χ3n) is 3.45. The smallest absolute Gasteiger partial charge is 0.0728 e. The van der Waals surface area contributed by atoms with Crippen LogP contribution in [0.25, 0.3) is 0 Å². The molecular formula is C11H21NO2. The van der Waals surface area contributed by atoms with Crippen molar-refractivity contribution < 1.29 is 9.47 Å². The summed E-state index contributed by atoms with van der Waals surface area (Å²) in [6.07, 6.45) is 6.17. The monoisotopic (exact) mass is 199 g/mol. The molecule has 3 nitrogen and oxygen atoms in total. The Morgan fingerprint density at radius 2 is 1.79 bits per heavy atom. The maximum atomic E-state index is 6.24. The molecular weight excluding hydrogens is 178 g/mol. The molecule has 3 heteroatoms. The van der Waals surface area contributed by atoms with Crippen LogP contribution in [0.15, 0.2) is 0 Å². The molecule has 0 aliphatic carbocycles. The Kier molecular flexibility index (Phi) is 3.79. The normalized spacial score (nSPS) is 32.8. The molecule has 14 heavy (non-hydrogen) atoms. The number of hydrogen-bond donors (Lipinski definition) is 1. The number of nitrogens with two attached hydrogens (primary N) is 1. The van der Waals surface area contributed by atoms with Gasteiger partial charge in [0.25, 0.3) is 0 Å². The Bertz CT molecular complexity index is 145. The lowest BCUT2D eigenvalue weighted by atomic mass is 9.86. The molecule has 0 aromatic carbocycles. The Hall–Kier alpha value is -0.120. The Balaban J connectivity index is 1.82. The molecule has 82 valence electrons. The van der Waals surface area contributed by atoms with Gasteiger partial charge < -0.3 is 15.2 Å². The first-order valence-corrected chi connectivity index (χ1v) is 5.83. The van der Waals surface area contributed by atoms with Crippen molar-refractivity contribution in [1.82, 2.24) is 0 Å². The van der Waals surface area contributed by atoms with E-state index < -0.39 is 0 Å². The Morgan fingerprint density at radius 1 is 1.00 bits per heavy atom. The van der Waals surface area contributed by atoms with Gasteiger partial charge >= 0.3 is 0 Å². The standard InChI is InChI=1S/C11H21NO2/c12-11(9-4-7-13-8-5-9)10-3-1-2-6-14-10/h9-11H,1-8,12H2. The van der Waals surface area contributed by atoms with E-state index in [4.69, 9.17) is 15.2 Å². The van der Waals surface area contributed by atoms with E-state index in [1.807, 2.05) is 0 Å². The van der Waals surface area contributed by atoms with E-state index in [-0.39, 0.29) is 6.04 Å². The first-order valence-electron chi connectivity index (χ1n) is 5.83. The lowest BCUT2D eigenvalue weighted by molar-refractivity contribution is -0.0291. The largest absolute Gasteiger partial charge is 0.381 e. The number of rotatable bonds is 2. The highest BCUT2D eigenvalue weighted by molar-refractivity contribution is 4.83. The average molecular weight is 199 g/mol. The molecule has 2 saturated heterocycles. The lowest BCUT2D eigenvalue weighted by Crippen LogP contribution is -2.46. The molecule has 0 aromatic heterocycles. The molecule has 0 aromatic rings. The highest BCUT2D eigenvalue weighted by Crippen LogP contribution is 2.25. The van der Waals surface area contributed by atoms with Crippen LogP contribution in [0.1, 0.15) is 32.1 Å². The van der Waals surface area contributed by atoms with Gasteiger partial charge in [0.1, 0.15) is 0 Å². The fourth-order valence-corrected chi connectivity index (χ4v) is 2.47. The second-order valence-corrected chi connectivity index (χ2v) is 4.43. The minimum atomic E-state index is 0.235. The minimum absolute atomic E-state index is 0.235. The van der Waals surface area contributed by atoms with Gasteiger partial charge in [0.15, 0.2) is 0 Å². The summed E-state index contributed by atoms with van der Waals surface area (Å²) in [6, 6.07) is 0.235. The van der Waals surface area contributed by atoms with Crippen molar-refractivity contribution in [3.8, 4) is 0 Å². The van der Waals surface area contributed by atoms with Gasteiger partial charge in [0, 0.05) is 25.9 Å². The van der Waals surface area contributed by atoms with Crippen LogP contribution in [0, 0.1) is 5.92 Å². The molecule has 2 fully saturated rings. The van der Waals surface area contributed by atoms with Crippen LogP contribution in [0.4, 0.5) is 0 Å². The zero-order valence-electron chi connectivity index (χ0n) is 8.78. The van der Waals surface area contributed by atoms with Gasteiger partial charge in [0.05, 0.1) is 6.10 Å². The van der Waals surface area contributed by atoms with Gasteiger partial charge in [-0.15, -0.1) is 0 Å². The molecule has 2 aliphatic rings. The highest BCUT2D eigenvalue weighted by atomic mass is 16.5. The average Bonchev–Trinajstić information content (AvgIpc) is 2.30. The number of hydrogen-bond acceptors (Lipinski definition) is 3. The number of ether oxygens (including phenoxy) is 2. The molecule has 0 radical (unpaired) electrons. The molecule has 0 bridgehead atoms. The van der Waals surface area contributed by atoms with Crippen molar-refractivity contribution in [2.75, 3.05) is 19.8 Å². The van der Waals surface area contributed by atoms with Crippen LogP contribution in [-0.4, -0.2) is 32.0 Å². The maximum Gasteiger partial charge on any atom is 0.0728 e. The molecule has 0 saturated carbocycles. The van der Waals surface area contributed by atoms with Crippen molar-refractivity contribution >= 4 is 0 Å². The van der Waals surface area contributed by atoms with Crippen LogP contribution in [-0.2, 0) is 9.47 Å². The van der Waals surface area contributed by atoms with Crippen LogP contribution in [0.3, 0.4) is 0 Å². The molecule has 2 heterocycles. The van der Waals surface area contributed by atoms with Gasteiger partial charge in [-0.25, -0.2) is 0 Å². The summed E-state index contributed by atoms with van der Waals surface area (Å²) in [5, 5.41) is 0. The van der Waals surface area contributed by atoms with Crippen LogP contribution >= 0.6 is 0 Å². The van der Waals surface area contributed by atoms with E-state index in [0.717, 1.165) is 39.1 Å². The highest BCUT2D eigenvalue weighted by Gasteiger charge is 2.29. The zero-order chi connectivity index (χ0) is 9.80. The van der Waals surface area contributed by atoms with Gasteiger partial charge in [-0.1, -0.05) is 0 Å². The molecule has 0 spiro atoms. The van der Waals surface area contributed by atoms with E-state index in [0.29, 0.717) is 12.0 Å². The summed E-state index contributed by atoms with van der Waals surface area (Å²) in [4.78, 5) is 0. The summed E-state index contributed by atoms with van der Waals surface area (Å²) >= 11 is 0. The summed E-state index contributed by atoms with van der Waals surface area (Å²) in [5.41, 5.74) is 6.24. The molecule has 2 N–H and O–H groups in total. The quantitative estimate of drug-likeness (QED) is 0.729. The fourth-order valence-electron chi connectivity index (χ4n) is 2.47. The fraction of sp³-hybridized carbons (Fsp3) is 1.00. The van der Waals surface area contributed by atoms with E-state index in [9.17, 15) is 0 Å². The van der Waals surface area contributed by atoms with Crippen molar-refractivity contribution in [1.29, 1.82) is 0 Å². The first-order chi connectivity index (χ1) is 6.88. The van der Waals surface area contributed by atoms with Crippen molar-refractivity contribution in [3.05, 3.63) is 0 Å². The van der Waals surface area contributed by atoms with E-state index in [1.54, 1.807) is 0 Å². The van der Waals surface area contributed by atoms with Crippen LogP contribution < -0.4 is 5.73 Å². The van der Waals surface area contributed by atoms with E-state index in [2.05, 4.69) is 0 Å². The van der Waals surface area contributed by atoms with Crippen molar-refractivity contribution in [2.45, 2.75) is 44.2 Å². The summed E-state index contributed by atoms with van der Waals surface area (Å²) in [6.45, 7) is 2.66. The van der Waals surface area contributed by atoms with Gasteiger partial charge in [-0.2, -0.15) is 0 Å². The summed E-state index contributed by atoms with van der Waals surface area (Å²) < 4.78 is 11.1. The molecule has 2 rings (SSSR count). The second-order valence-electron chi connectivity index (χ2n) is 4.43. The van der Waals surface area contributed by atoms with Gasteiger partial charge in [-0.05, 0) is 38.0 Å². The zero-order valence-corrected chi connectivity index (χ0v) is 8.78. The SMILES string of the molecule is NC(C1CCOCC1)C1CCCCO1. The Labute approximate surface area is 85.9 Å². The van der Waals surface area contributed by atoms with E-state index in [1.165, 1.54) is 12.8 Å². The molecule has 0 amide bonds. The third-order valence-corrected chi connectivity index (χ3v) is 3.45. The van der Waals surface area contributed by atoms with Gasteiger partial charge in [0.2, 0.25) is 0 Å². The van der Waals surface area contributed by atoms with E-state index >= 15 is 0 Å². The summed E-state index contributed by atoms with van der Waals surface area (Å²) in [5.74, 6) is 0.617. The third kappa shape index (κ3) is 2.47. The molecule has 2 unspecified atom stereocenters. The van der Waals surface area contributed by atoms with Crippen molar-refractivity contribution in [3.63, 3.8) is 0 Å². The van der Waals surface area contributed by atoms with Crippen LogP contribution in [0.2, 0.25) is 0 Å². The Morgan fingerprint density at radius 3 is 2.43 bits per heavy atom. The predicted molar refractivity (Wildman–Crippen MR) is 55.1 cm³/mol. The van der Waals surface area contributed by atoms with Crippen molar-refractivity contribution in [2.24, 2.45) is 11.7 Å². The topological polar surface area (TPSA) is 44.5 Å². The maximum absolute atomic E-state index is 6.24. The second kappa shape index (κ2) is 5.10. The lowest BCUT2D eigenvalue weighted by Gasteiger charge is -2.35. The summed E-state index contributed by atoms with van der Waals surface area (Å²) in [7, 11) is 0. The first kappa shape index (κ1) is 10.4. The minimum Gasteiger partial charge on any atom is -0.381 e. The van der Waals surface area contributed by atoms with Gasteiger partial charge in [-0.3, -0.25) is 0 Å².